The zero-order valence-corrected chi connectivity index (χ0v) is 10.2. The van der Waals surface area contributed by atoms with Gasteiger partial charge in [0.2, 0.25) is 0 Å². The molecule has 5 heteroatoms. The molecular weight excluding hydrogens is 237 g/mol. The van der Waals surface area contributed by atoms with Crippen LogP contribution in [0.2, 0.25) is 0 Å². The lowest BCUT2D eigenvalue weighted by atomic mass is 10.2. The molecule has 1 atom stereocenters. The topological polar surface area (TPSA) is 47.6 Å². The number of esters is 1. The summed E-state index contributed by atoms with van der Waals surface area (Å²) < 4.78 is 23.3. The van der Waals surface area contributed by atoms with E-state index in [0.717, 1.165) is 19.4 Å². The third kappa shape index (κ3) is 2.98. The number of ether oxygens (including phenoxy) is 2. The van der Waals surface area contributed by atoms with Gasteiger partial charge in [-0.1, -0.05) is 0 Å². The predicted molar refractivity (Wildman–Crippen MR) is 63.8 cm³/mol. The molecule has 1 aliphatic heterocycles. The SMILES string of the molecule is COc1ccc(F)cc1COC(=O)C1CCCN1. The average Bonchev–Trinajstić information content (AvgIpc) is 2.90. The van der Waals surface area contributed by atoms with Gasteiger partial charge in [0.05, 0.1) is 7.11 Å². The summed E-state index contributed by atoms with van der Waals surface area (Å²) in [5.74, 6) is -0.150. The van der Waals surface area contributed by atoms with Crippen molar-refractivity contribution >= 4 is 5.97 Å². The quantitative estimate of drug-likeness (QED) is 0.828. The molecule has 0 saturated carbocycles. The van der Waals surface area contributed by atoms with Crippen molar-refractivity contribution in [2.24, 2.45) is 0 Å². The summed E-state index contributed by atoms with van der Waals surface area (Å²) in [6.07, 6.45) is 1.77. The first-order valence-electron chi connectivity index (χ1n) is 5.93. The molecule has 1 aliphatic rings. The van der Waals surface area contributed by atoms with E-state index in [9.17, 15) is 9.18 Å². The second kappa shape index (κ2) is 5.82. The zero-order valence-electron chi connectivity index (χ0n) is 10.2. The van der Waals surface area contributed by atoms with Crippen LogP contribution in [-0.4, -0.2) is 25.7 Å². The molecule has 98 valence electrons. The van der Waals surface area contributed by atoms with Crippen LogP contribution in [-0.2, 0) is 16.1 Å². The Kier molecular flexibility index (Phi) is 4.15. The van der Waals surface area contributed by atoms with E-state index in [1.807, 2.05) is 0 Å². The van der Waals surface area contributed by atoms with Gasteiger partial charge in [0, 0.05) is 5.56 Å². The molecule has 1 aromatic carbocycles. The van der Waals surface area contributed by atoms with Gasteiger partial charge in [-0.2, -0.15) is 0 Å². The third-order valence-electron chi connectivity index (χ3n) is 2.96. The molecule has 1 saturated heterocycles. The summed E-state index contributed by atoms with van der Waals surface area (Å²) in [4.78, 5) is 11.7. The number of hydrogen-bond acceptors (Lipinski definition) is 4. The number of benzene rings is 1. The molecule has 1 fully saturated rings. The molecule has 0 spiro atoms. The monoisotopic (exact) mass is 253 g/mol. The van der Waals surface area contributed by atoms with Crippen LogP contribution in [0.5, 0.6) is 5.75 Å². The van der Waals surface area contributed by atoms with Crippen molar-refractivity contribution in [3.05, 3.63) is 29.6 Å². The predicted octanol–water partition coefficient (Wildman–Crippen LogP) is 1.63. The molecule has 0 aromatic heterocycles. The van der Waals surface area contributed by atoms with Gasteiger partial charge < -0.3 is 14.8 Å². The van der Waals surface area contributed by atoms with E-state index in [-0.39, 0.29) is 24.4 Å². The lowest BCUT2D eigenvalue weighted by Gasteiger charge is -2.12. The summed E-state index contributed by atoms with van der Waals surface area (Å²) in [5.41, 5.74) is 0.531. The number of carbonyl (C=O) groups is 1. The molecule has 2 rings (SSSR count). The van der Waals surface area contributed by atoms with Crippen LogP contribution in [0.15, 0.2) is 18.2 Å². The van der Waals surface area contributed by atoms with Gasteiger partial charge in [-0.05, 0) is 37.6 Å². The van der Waals surface area contributed by atoms with Crippen LogP contribution in [0, 0.1) is 5.82 Å². The van der Waals surface area contributed by atoms with Crippen molar-refractivity contribution in [3.8, 4) is 5.75 Å². The van der Waals surface area contributed by atoms with Crippen LogP contribution >= 0.6 is 0 Å². The highest BCUT2D eigenvalue weighted by Gasteiger charge is 2.23. The van der Waals surface area contributed by atoms with Crippen LogP contribution in [0.25, 0.3) is 0 Å². The molecule has 1 N–H and O–H groups in total. The van der Waals surface area contributed by atoms with Gasteiger partial charge in [-0.25, -0.2) is 4.39 Å². The third-order valence-corrected chi connectivity index (χ3v) is 2.96. The number of methoxy groups -OCH3 is 1. The van der Waals surface area contributed by atoms with Crippen molar-refractivity contribution in [1.29, 1.82) is 0 Å². The minimum Gasteiger partial charge on any atom is -0.496 e. The van der Waals surface area contributed by atoms with E-state index in [0.29, 0.717) is 11.3 Å². The second-order valence-electron chi connectivity index (χ2n) is 4.21. The number of nitrogens with one attached hydrogen (secondary N) is 1. The Bertz CT molecular complexity index is 430. The first-order valence-corrected chi connectivity index (χ1v) is 5.93. The van der Waals surface area contributed by atoms with Crippen LogP contribution in [0.3, 0.4) is 0 Å². The van der Waals surface area contributed by atoms with Crippen molar-refractivity contribution < 1.29 is 18.7 Å². The Hall–Kier alpha value is -1.62. The van der Waals surface area contributed by atoms with Gasteiger partial charge in [-0.15, -0.1) is 0 Å². The van der Waals surface area contributed by atoms with Crippen LogP contribution < -0.4 is 10.1 Å². The average molecular weight is 253 g/mol. The largest absolute Gasteiger partial charge is 0.496 e. The minimum atomic E-state index is -0.374. The lowest BCUT2D eigenvalue weighted by molar-refractivity contribution is -0.147. The maximum absolute atomic E-state index is 13.1. The highest BCUT2D eigenvalue weighted by molar-refractivity contribution is 5.76. The van der Waals surface area contributed by atoms with Crippen molar-refractivity contribution in [1.82, 2.24) is 5.32 Å². The van der Waals surface area contributed by atoms with Gasteiger partial charge in [0.15, 0.2) is 0 Å². The summed E-state index contributed by atoms with van der Waals surface area (Å²) in [6.45, 7) is 0.862. The molecule has 0 aliphatic carbocycles. The smallest absolute Gasteiger partial charge is 0.323 e. The highest BCUT2D eigenvalue weighted by atomic mass is 19.1. The first-order chi connectivity index (χ1) is 8.70. The molecular formula is C13H16FNO3. The summed E-state index contributed by atoms with van der Waals surface area (Å²) in [6, 6.07) is 3.91. The molecule has 4 nitrogen and oxygen atoms in total. The van der Waals surface area contributed by atoms with E-state index < -0.39 is 0 Å². The molecule has 0 radical (unpaired) electrons. The Labute approximate surface area is 105 Å². The van der Waals surface area contributed by atoms with E-state index in [2.05, 4.69) is 5.32 Å². The van der Waals surface area contributed by atoms with Gasteiger partial charge in [-0.3, -0.25) is 4.79 Å². The van der Waals surface area contributed by atoms with Crippen molar-refractivity contribution in [2.75, 3.05) is 13.7 Å². The molecule has 1 heterocycles. The maximum atomic E-state index is 13.1. The lowest BCUT2D eigenvalue weighted by Crippen LogP contribution is -2.32. The zero-order chi connectivity index (χ0) is 13.0. The Morgan fingerprint density at radius 3 is 3.06 bits per heavy atom. The number of halogens is 1. The first kappa shape index (κ1) is 12.8. The van der Waals surface area contributed by atoms with E-state index in [1.54, 1.807) is 0 Å². The fourth-order valence-electron chi connectivity index (χ4n) is 2.00. The summed E-state index contributed by atoms with van der Waals surface area (Å²) in [5, 5.41) is 3.05. The van der Waals surface area contributed by atoms with Crippen LogP contribution in [0.1, 0.15) is 18.4 Å². The fourth-order valence-corrected chi connectivity index (χ4v) is 2.00. The van der Waals surface area contributed by atoms with Gasteiger partial charge >= 0.3 is 5.97 Å². The number of hydrogen-bond donors (Lipinski definition) is 1. The van der Waals surface area contributed by atoms with E-state index in [1.165, 1.54) is 25.3 Å². The Morgan fingerprint density at radius 2 is 2.39 bits per heavy atom. The Balaban J connectivity index is 1.96. The minimum absolute atomic E-state index is 0.0257. The van der Waals surface area contributed by atoms with Gasteiger partial charge in [0.1, 0.15) is 24.2 Å². The second-order valence-corrected chi connectivity index (χ2v) is 4.21. The molecule has 1 aromatic rings. The molecule has 18 heavy (non-hydrogen) atoms. The number of rotatable bonds is 4. The molecule has 0 amide bonds. The normalized spacial score (nSPS) is 18.7. The molecule has 0 bridgehead atoms. The van der Waals surface area contributed by atoms with Gasteiger partial charge in [0.25, 0.3) is 0 Å². The standard InChI is InChI=1S/C13H16FNO3/c1-17-12-5-4-10(14)7-9(12)8-18-13(16)11-3-2-6-15-11/h4-5,7,11,15H,2-3,6,8H2,1H3. The molecule has 1 unspecified atom stereocenters. The van der Waals surface area contributed by atoms with Crippen molar-refractivity contribution in [3.63, 3.8) is 0 Å². The van der Waals surface area contributed by atoms with E-state index in [4.69, 9.17) is 9.47 Å². The highest BCUT2D eigenvalue weighted by Crippen LogP contribution is 2.20. The summed E-state index contributed by atoms with van der Waals surface area (Å²) >= 11 is 0. The number of carbonyl (C=O) groups excluding carboxylic acids is 1. The Morgan fingerprint density at radius 1 is 1.56 bits per heavy atom. The maximum Gasteiger partial charge on any atom is 0.323 e. The van der Waals surface area contributed by atoms with E-state index >= 15 is 0 Å². The van der Waals surface area contributed by atoms with Crippen LogP contribution in [0.4, 0.5) is 4.39 Å². The fraction of sp³-hybridized carbons (Fsp3) is 0.462. The van der Waals surface area contributed by atoms with Crippen molar-refractivity contribution in [2.45, 2.75) is 25.5 Å². The summed E-state index contributed by atoms with van der Waals surface area (Å²) in [7, 11) is 1.50.